The van der Waals surface area contributed by atoms with Gasteiger partial charge in [-0.1, -0.05) is 6.07 Å². The average Bonchev–Trinajstić information content (AvgIpc) is 2.81. The summed E-state index contributed by atoms with van der Waals surface area (Å²) in [5.74, 6) is 2.74. The summed E-state index contributed by atoms with van der Waals surface area (Å²) in [4.78, 5) is 24.6. The molecule has 0 spiro atoms. The zero-order chi connectivity index (χ0) is 19.9. The van der Waals surface area contributed by atoms with Crippen molar-refractivity contribution in [2.24, 2.45) is 4.99 Å². The van der Waals surface area contributed by atoms with Crippen molar-refractivity contribution in [3.8, 4) is 0 Å². The number of anilines is 2. The molecule has 4 heterocycles. The van der Waals surface area contributed by atoms with Crippen molar-refractivity contribution >= 4 is 41.7 Å². The first-order valence-corrected chi connectivity index (χ1v) is 10.1. The Morgan fingerprint density at radius 2 is 1.67 bits per heavy atom. The van der Waals surface area contributed by atoms with Crippen LogP contribution in [-0.2, 0) is 11.3 Å². The van der Waals surface area contributed by atoms with Crippen LogP contribution in [0.1, 0.15) is 5.56 Å². The van der Waals surface area contributed by atoms with E-state index in [4.69, 9.17) is 4.74 Å². The number of guanidine groups is 1. The van der Waals surface area contributed by atoms with Crippen LogP contribution in [-0.4, -0.2) is 85.3 Å². The summed E-state index contributed by atoms with van der Waals surface area (Å²) in [6.45, 7) is 7.44. The van der Waals surface area contributed by atoms with Crippen LogP contribution in [0.25, 0.3) is 0 Å². The number of halogens is 1. The number of hydrogen-bond donors (Lipinski definition) is 1. The highest BCUT2D eigenvalue weighted by Gasteiger charge is 2.22. The Morgan fingerprint density at radius 3 is 2.37 bits per heavy atom. The fraction of sp³-hybridized carbons (Fsp3) is 0.500. The Hall–Kier alpha value is -2.21. The summed E-state index contributed by atoms with van der Waals surface area (Å²) >= 11 is 0. The highest BCUT2D eigenvalue weighted by Crippen LogP contribution is 2.18. The van der Waals surface area contributed by atoms with E-state index in [0.29, 0.717) is 6.54 Å². The fourth-order valence-corrected chi connectivity index (χ4v) is 3.71. The van der Waals surface area contributed by atoms with E-state index in [2.05, 4.69) is 46.0 Å². The van der Waals surface area contributed by atoms with Crippen molar-refractivity contribution in [2.45, 2.75) is 6.54 Å². The van der Waals surface area contributed by atoms with Gasteiger partial charge in [-0.05, 0) is 12.1 Å². The molecular weight excluding hydrogens is 495 g/mol. The summed E-state index contributed by atoms with van der Waals surface area (Å²) in [5, 5.41) is 3.52. The van der Waals surface area contributed by atoms with Gasteiger partial charge in [-0.15, -0.1) is 24.0 Å². The largest absolute Gasteiger partial charge is 0.378 e. The van der Waals surface area contributed by atoms with Crippen molar-refractivity contribution in [1.82, 2.24) is 25.2 Å². The summed E-state index contributed by atoms with van der Waals surface area (Å²) in [6.07, 6.45) is 5.43. The minimum Gasteiger partial charge on any atom is -0.378 e. The molecule has 2 aromatic heterocycles. The molecule has 30 heavy (non-hydrogen) atoms. The molecule has 0 unspecified atom stereocenters. The highest BCUT2D eigenvalue weighted by molar-refractivity contribution is 14.0. The number of nitrogens with one attached hydrogen (secondary N) is 1. The normalized spacial score (nSPS) is 17.5. The molecule has 0 aromatic carbocycles. The SMILES string of the molecule is CN=C(NCc1cccnc1N1CCOCC1)N1CCN(c2ncccn2)CC1.I. The quantitative estimate of drug-likeness (QED) is 0.364. The van der Waals surface area contributed by atoms with E-state index in [1.165, 1.54) is 5.56 Å². The molecule has 2 fully saturated rings. The van der Waals surface area contributed by atoms with E-state index in [1.54, 1.807) is 12.4 Å². The lowest BCUT2D eigenvalue weighted by Gasteiger charge is -2.36. The van der Waals surface area contributed by atoms with Gasteiger partial charge in [0, 0.05) is 77.0 Å². The van der Waals surface area contributed by atoms with Crippen molar-refractivity contribution in [3.05, 3.63) is 42.4 Å². The van der Waals surface area contributed by atoms with Crippen LogP contribution in [0, 0.1) is 0 Å². The minimum atomic E-state index is 0. The maximum atomic E-state index is 5.47. The van der Waals surface area contributed by atoms with Crippen LogP contribution < -0.4 is 15.1 Å². The Labute approximate surface area is 194 Å². The van der Waals surface area contributed by atoms with Gasteiger partial charge in [0.25, 0.3) is 0 Å². The highest BCUT2D eigenvalue weighted by atomic mass is 127. The van der Waals surface area contributed by atoms with Crippen LogP contribution >= 0.6 is 24.0 Å². The molecule has 0 radical (unpaired) electrons. The van der Waals surface area contributed by atoms with Gasteiger partial charge < -0.3 is 24.8 Å². The van der Waals surface area contributed by atoms with E-state index in [9.17, 15) is 0 Å². The second-order valence-electron chi connectivity index (χ2n) is 7.01. The number of pyridine rings is 1. The zero-order valence-electron chi connectivity index (χ0n) is 17.3. The number of nitrogens with zero attached hydrogens (tertiary/aromatic N) is 7. The molecule has 9 nitrogen and oxygen atoms in total. The molecule has 0 saturated carbocycles. The third-order valence-electron chi connectivity index (χ3n) is 5.24. The van der Waals surface area contributed by atoms with Crippen LogP contribution in [0.2, 0.25) is 0 Å². The summed E-state index contributed by atoms with van der Waals surface area (Å²) in [7, 11) is 1.83. The molecule has 2 aliphatic heterocycles. The lowest BCUT2D eigenvalue weighted by atomic mass is 10.2. The molecule has 10 heteroatoms. The fourth-order valence-electron chi connectivity index (χ4n) is 3.71. The Kier molecular flexibility index (Phi) is 8.43. The second kappa shape index (κ2) is 11.3. The van der Waals surface area contributed by atoms with Crippen molar-refractivity contribution < 1.29 is 4.74 Å². The molecule has 2 aliphatic rings. The zero-order valence-corrected chi connectivity index (χ0v) is 19.6. The van der Waals surface area contributed by atoms with Gasteiger partial charge in [0.05, 0.1) is 13.2 Å². The number of hydrogen-bond acceptors (Lipinski definition) is 7. The molecule has 162 valence electrons. The van der Waals surface area contributed by atoms with E-state index < -0.39 is 0 Å². The number of aromatic nitrogens is 3. The van der Waals surface area contributed by atoms with Crippen LogP contribution in [0.15, 0.2) is 41.8 Å². The Bertz CT molecular complexity index is 807. The van der Waals surface area contributed by atoms with Crippen LogP contribution in [0.4, 0.5) is 11.8 Å². The van der Waals surface area contributed by atoms with Gasteiger partial charge in [0.15, 0.2) is 5.96 Å². The molecule has 0 bridgehead atoms. The molecule has 4 rings (SSSR count). The molecule has 0 atom stereocenters. The number of aliphatic imine (C=N–C) groups is 1. The van der Waals surface area contributed by atoms with Gasteiger partial charge in [-0.2, -0.15) is 0 Å². The monoisotopic (exact) mass is 524 g/mol. The third kappa shape index (κ3) is 5.48. The molecule has 2 saturated heterocycles. The Balaban J connectivity index is 0.00000256. The predicted octanol–water partition coefficient (Wildman–Crippen LogP) is 1.22. The molecule has 1 N–H and O–H groups in total. The minimum absolute atomic E-state index is 0. The molecular formula is C20H29IN8O. The van der Waals surface area contributed by atoms with Crippen molar-refractivity contribution in [1.29, 1.82) is 0 Å². The van der Waals surface area contributed by atoms with E-state index >= 15 is 0 Å². The molecule has 0 aliphatic carbocycles. The lowest BCUT2D eigenvalue weighted by molar-refractivity contribution is 0.122. The second-order valence-corrected chi connectivity index (χ2v) is 7.01. The molecule has 2 aromatic rings. The average molecular weight is 524 g/mol. The maximum absolute atomic E-state index is 5.47. The number of rotatable bonds is 4. The molecule has 0 amide bonds. The van der Waals surface area contributed by atoms with E-state index in [-0.39, 0.29) is 24.0 Å². The predicted molar refractivity (Wildman–Crippen MR) is 129 cm³/mol. The van der Waals surface area contributed by atoms with Crippen molar-refractivity contribution in [2.75, 3.05) is 69.3 Å². The third-order valence-corrected chi connectivity index (χ3v) is 5.24. The lowest BCUT2D eigenvalue weighted by Crippen LogP contribution is -2.52. The van der Waals surface area contributed by atoms with Gasteiger partial charge >= 0.3 is 0 Å². The first-order chi connectivity index (χ1) is 14.3. The van der Waals surface area contributed by atoms with Gasteiger partial charge in [-0.3, -0.25) is 4.99 Å². The smallest absolute Gasteiger partial charge is 0.225 e. The maximum Gasteiger partial charge on any atom is 0.225 e. The van der Waals surface area contributed by atoms with Gasteiger partial charge in [-0.25, -0.2) is 15.0 Å². The van der Waals surface area contributed by atoms with E-state index in [1.807, 2.05) is 25.4 Å². The van der Waals surface area contributed by atoms with Gasteiger partial charge in [0.2, 0.25) is 5.95 Å². The summed E-state index contributed by atoms with van der Waals surface area (Å²) in [6, 6.07) is 5.96. The van der Waals surface area contributed by atoms with E-state index in [0.717, 1.165) is 70.2 Å². The van der Waals surface area contributed by atoms with Gasteiger partial charge in [0.1, 0.15) is 5.82 Å². The number of piperazine rings is 1. The number of morpholine rings is 1. The Morgan fingerprint density at radius 1 is 0.967 bits per heavy atom. The topological polar surface area (TPSA) is 82.0 Å². The first-order valence-electron chi connectivity index (χ1n) is 10.1. The standard InChI is InChI=1S/C20H28N8O.HI/c1-21-19(27-8-10-28(11-9-27)20-23-6-3-7-24-20)25-16-17-4-2-5-22-18(17)26-12-14-29-15-13-26;/h2-7H,8-16H2,1H3,(H,21,25);1H. The summed E-state index contributed by atoms with van der Waals surface area (Å²) < 4.78 is 5.47. The number of ether oxygens (including phenoxy) is 1. The van der Waals surface area contributed by atoms with Crippen LogP contribution in [0.3, 0.4) is 0 Å². The van der Waals surface area contributed by atoms with Crippen LogP contribution in [0.5, 0.6) is 0 Å². The van der Waals surface area contributed by atoms with Crippen molar-refractivity contribution in [3.63, 3.8) is 0 Å². The summed E-state index contributed by atoms with van der Waals surface area (Å²) in [5.41, 5.74) is 1.17. The first kappa shape index (κ1) is 22.5.